The molecule has 100 valence electrons. The molecule has 3 rings (SSSR count). The lowest BCUT2D eigenvalue weighted by atomic mass is 10.0. The topological polar surface area (TPSA) is 12.0 Å². The van der Waals surface area contributed by atoms with Gasteiger partial charge in [0.2, 0.25) is 0 Å². The summed E-state index contributed by atoms with van der Waals surface area (Å²) in [5, 5.41) is 5.91. The Hall–Kier alpha value is -1.83. The van der Waals surface area contributed by atoms with E-state index in [-0.39, 0.29) is 5.50 Å². The lowest BCUT2D eigenvalue weighted by molar-refractivity contribution is 0.672. The zero-order valence-electron chi connectivity index (χ0n) is 11.1. The number of hydrogen-bond donors (Lipinski definition) is 1. The van der Waals surface area contributed by atoms with Crippen molar-refractivity contribution < 1.29 is 0 Å². The van der Waals surface area contributed by atoms with Crippen molar-refractivity contribution in [2.45, 2.75) is 12.0 Å². The predicted molar refractivity (Wildman–Crippen MR) is 85.8 cm³/mol. The van der Waals surface area contributed by atoms with Crippen molar-refractivity contribution in [3.05, 3.63) is 83.9 Å². The van der Waals surface area contributed by atoms with Crippen LogP contribution in [0.15, 0.2) is 72.8 Å². The van der Waals surface area contributed by atoms with Gasteiger partial charge in [0.15, 0.2) is 0 Å². The number of hydrogen-bond acceptors (Lipinski definition) is 1. The summed E-state index contributed by atoms with van der Waals surface area (Å²) in [5.74, 6) is 0. The van der Waals surface area contributed by atoms with E-state index in [1.807, 2.05) is 30.3 Å². The molecule has 3 aromatic carbocycles. The van der Waals surface area contributed by atoms with E-state index in [1.54, 1.807) is 0 Å². The number of rotatable bonds is 4. The molecule has 20 heavy (non-hydrogen) atoms. The molecule has 0 spiro atoms. The SMILES string of the molecule is ClC(NCc1cccc2ccccc12)c1ccccc1. The summed E-state index contributed by atoms with van der Waals surface area (Å²) < 4.78 is 0. The molecule has 0 saturated carbocycles. The van der Waals surface area contributed by atoms with Crippen LogP contribution in [-0.2, 0) is 6.54 Å². The van der Waals surface area contributed by atoms with Gasteiger partial charge in [0.25, 0.3) is 0 Å². The highest BCUT2D eigenvalue weighted by Gasteiger charge is 2.07. The first kappa shape index (κ1) is 13.2. The fraction of sp³-hybridized carbons (Fsp3) is 0.111. The molecule has 3 aromatic rings. The molecule has 1 unspecified atom stereocenters. The Kier molecular flexibility index (Phi) is 4.00. The van der Waals surface area contributed by atoms with Crippen LogP contribution in [0.3, 0.4) is 0 Å². The Bertz CT molecular complexity index is 689. The molecule has 0 aliphatic carbocycles. The molecule has 0 saturated heterocycles. The van der Waals surface area contributed by atoms with Crippen LogP contribution in [0, 0.1) is 0 Å². The monoisotopic (exact) mass is 281 g/mol. The number of benzene rings is 3. The van der Waals surface area contributed by atoms with Crippen LogP contribution in [0.5, 0.6) is 0 Å². The lowest BCUT2D eigenvalue weighted by Gasteiger charge is -2.13. The highest BCUT2D eigenvalue weighted by Crippen LogP contribution is 2.21. The second-order valence-corrected chi connectivity index (χ2v) is 5.23. The number of fused-ring (bicyclic) bond motifs is 1. The Morgan fingerprint density at radius 2 is 1.50 bits per heavy atom. The lowest BCUT2D eigenvalue weighted by Crippen LogP contribution is -2.16. The first-order chi connectivity index (χ1) is 9.84. The molecule has 0 bridgehead atoms. The van der Waals surface area contributed by atoms with Gasteiger partial charge in [-0.05, 0) is 21.9 Å². The summed E-state index contributed by atoms with van der Waals surface area (Å²) in [5.41, 5.74) is 2.19. The van der Waals surface area contributed by atoms with E-state index in [0.29, 0.717) is 0 Å². The van der Waals surface area contributed by atoms with Gasteiger partial charge in [-0.2, -0.15) is 0 Å². The summed E-state index contributed by atoms with van der Waals surface area (Å²) >= 11 is 6.40. The minimum atomic E-state index is -0.171. The Morgan fingerprint density at radius 1 is 0.800 bits per heavy atom. The molecule has 0 fully saturated rings. The second kappa shape index (κ2) is 6.08. The van der Waals surface area contributed by atoms with Crippen molar-refractivity contribution >= 4 is 22.4 Å². The maximum Gasteiger partial charge on any atom is 0.108 e. The molecule has 1 atom stereocenters. The quantitative estimate of drug-likeness (QED) is 0.531. The molecule has 0 amide bonds. The number of nitrogens with one attached hydrogen (secondary N) is 1. The average molecular weight is 282 g/mol. The minimum absolute atomic E-state index is 0.171. The second-order valence-electron chi connectivity index (χ2n) is 4.79. The third-order valence-electron chi connectivity index (χ3n) is 3.44. The molecule has 1 nitrogen and oxygen atoms in total. The Labute approximate surface area is 124 Å². The normalized spacial score (nSPS) is 12.4. The van der Waals surface area contributed by atoms with Crippen LogP contribution in [0.1, 0.15) is 16.6 Å². The average Bonchev–Trinajstić information content (AvgIpc) is 2.53. The van der Waals surface area contributed by atoms with Crippen LogP contribution < -0.4 is 5.32 Å². The van der Waals surface area contributed by atoms with Gasteiger partial charge in [-0.1, -0.05) is 72.8 Å². The van der Waals surface area contributed by atoms with Gasteiger partial charge >= 0.3 is 0 Å². The Morgan fingerprint density at radius 3 is 2.35 bits per heavy atom. The van der Waals surface area contributed by atoms with Crippen molar-refractivity contribution in [3.8, 4) is 0 Å². The van der Waals surface area contributed by atoms with Gasteiger partial charge in [0, 0.05) is 6.54 Å². The van der Waals surface area contributed by atoms with Crippen LogP contribution in [0.4, 0.5) is 0 Å². The molecule has 0 aliphatic heterocycles. The van der Waals surface area contributed by atoms with Crippen molar-refractivity contribution in [1.29, 1.82) is 0 Å². The molecule has 0 radical (unpaired) electrons. The molecule has 1 N–H and O–H groups in total. The van der Waals surface area contributed by atoms with Crippen molar-refractivity contribution in [2.24, 2.45) is 0 Å². The summed E-state index contributed by atoms with van der Waals surface area (Å²) in [6.45, 7) is 0.754. The largest absolute Gasteiger partial charge is 0.293 e. The molecular formula is C18H16ClN. The Balaban J connectivity index is 1.77. The zero-order valence-corrected chi connectivity index (χ0v) is 11.8. The highest BCUT2D eigenvalue weighted by molar-refractivity contribution is 6.20. The fourth-order valence-electron chi connectivity index (χ4n) is 2.39. The van der Waals surface area contributed by atoms with E-state index in [4.69, 9.17) is 11.6 Å². The highest BCUT2D eigenvalue weighted by atomic mass is 35.5. The van der Waals surface area contributed by atoms with Crippen LogP contribution >= 0.6 is 11.6 Å². The first-order valence-corrected chi connectivity index (χ1v) is 7.17. The summed E-state index contributed by atoms with van der Waals surface area (Å²) in [7, 11) is 0. The van der Waals surface area contributed by atoms with Crippen LogP contribution in [-0.4, -0.2) is 0 Å². The number of alkyl halides is 1. The summed E-state index contributed by atoms with van der Waals surface area (Å²) in [6.07, 6.45) is 0. The van der Waals surface area contributed by atoms with Gasteiger partial charge < -0.3 is 0 Å². The van der Waals surface area contributed by atoms with E-state index >= 15 is 0 Å². The third kappa shape index (κ3) is 2.84. The molecular weight excluding hydrogens is 266 g/mol. The zero-order chi connectivity index (χ0) is 13.8. The maximum absolute atomic E-state index is 6.40. The van der Waals surface area contributed by atoms with Crippen molar-refractivity contribution in [1.82, 2.24) is 5.32 Å². The van der Waals surface area contributed by atoms with E-state index in [1.165, 1.54) is 16.3 Å². The fourth-order valence-corrected chi connectivity index (χ4v) is 2.61. The van der Waals surface area contributed by atoms with E-state index in [0.717, 1.165) is 12.1 Å². The molecule has 0 aromatic heterocycles. The van der Waals surface area contributed by atoms with Crippen LogP contribution in [0.2, 0.25) is 0 Å². The standard InChI is InChI=1S/C18H16ClN/c19-18(15-8-2-1-3-9-15)20-13-16-11-6-10-14-7-4-5-12-17(14)16/h1-12,18,20H,13H2. The molecule has 2 heteroatoms. The molecule has 0 heterocycles. The first-order valence-electron chi connectivity index (χ1n) is 6.73. The number of halogens is 1. The third-order valence-corrected chi connectivity index (χ3v) is 3.85. The van der Waals surface area contributed by atoms with E-state index in [2.05, 4.69) is 47.8 Å². The molecule has 0 aliphatic rings. The smallest absolute Gasteiger partial charge is 0.108 e. The summed E-state index contributed by atoms with van der Waals surface area (Å²) in [6, 6.07) is 24.9. The van der Waals surface area contributed by atoms with E-state index < -0.39 is 0 Å². The van der Waals surface area contributed by atoms with Gasteiger partial charge in [-0.25, -0.2) is 0 Å². The van der Waals surface area contributed by atoms with Gasteiger partial charge in [-0.3, -0.25) is 5.32 Å². The van der Waals surface area contributed by atoms with Gasteiger partial charge in [0.05, 0.1) is 0 Å². The van der Waals surface area contributed by atoms with Crippen molar-refractivity contribution in [2.75, 3.05) is 0 Å². The van der Waals surface area contributed by atoms with E-state index in [9.17, 15) is 0 Å². The predicted octanol–water partition coefficient (Wildman–Crippen LogP) is 4.87. The van der Waals surface area contributed by atoms with Crippen LogP contribution in [0.25, 0.3) is 10.8 Å². The maximum atomic E-state index is 6.40. The summed E-state index contributed by atoms with van der Waals surface area (Å²) in [4.78, 5) is 0. The minimum Gasteiger partial charge on any atom is -0.293 e. The van der Waals surface area contributed by atoms with Crippen molar-refractivity contribution in [3.63, 3.8) is 0 Å². The van der Waals surface area contributed by atoms with Gasteiger partial charge in [-0.15, -0.1) is 11.6 Å². The van der Waals surface area contributed by atoms with Gasteiger partial charge in [0.1, 0.15) is 5.50 Å².